The largest absolute Gasteiger partial charge is 0.573 e. The van der Waals surface area contributed by atoms with Crippen LogP contribution in [0.1, 0.15) is 25.0 Å². The molecule has 1 aromatic heterocycles. The summed E-state index contributed by atoms with van der Waals surface area (Å²) in [6.07, 6.45) is -4.27. The Balaban J connectivity index is 1.82. The van der Waals surface area contributed by atoms with Gasteiger partial charge in [-0.25, -0.2) is 4.21 Å². The summed E-state index contributed by atoms with van der Waals surface area (Å²) in [6, 6.07) is 13.3. The van der Waals surface area contributed by atoms with Crippen molar-refractivity contribution < 1.29 is 26.7 Å². The minimum atomic E-state index is -4.74. The number of aryl methyl sites for hydroxylation is 1. The standard InChI is InChI=1S/C23H27F3N2O3S2/c1-15(2)13-27-18(12-17-8-10-19(11-9-17)31-23(24,25)26)14-28(33(29)30)22-16(3)20-6-4-5-7-21(20)32-22/h4-11,15,18,27H,12-14H2,1-3H3,(H,29,30). The summed E-state index contributed by atoms with van der Waals surface area (Å²) in [7, 11) is 0. The quantitative estimate of drug-likeness (QED) is 0.340. The highest BCUT2D eigenvalue weighted by Crippen LogP contribution is 2.38. The molecule has 0 spiro atoms. The molecule has 0 saturated heterocycles. The summed E-state index contributed by atoms with van der Waals surface area (Å²) >= 11 is -0.778. The molecule has 3 rings (SSSR count). The van der Waals surface area contributed by atoms with Crippen LogP contribution in [0.25, 0.3) is 10.1 Å². The molecular formula is C23H27F3N2O3S2. The summed E-state index contributed by atoms with van der Waals surface area (Å²) in [4.78, 5) is 0. The summed E-state index contributed by atoms with van der Waals surface area (Å²) < 4.78 is 66.2. The number of fused-ring (bicyclic) bond motifs is 1. The van der Waals surface area contributed by atoms with E-state index in [0.717, 1.165) is 26.2 Å². The molecule has 2 aromatic carbocycles. The molecule has 3 aromatic rings. The number of thiophene rings is 1. The van der Waals surface area contributed by atoms with Gasteiger partial charge in [-0.2, -0.15) is 0 Å². The van der Waals surface area contributed by atoms with E-state index in [1.807, 2.05) is 31.2 Å². The monoisotopic (exact) mass is 500 g/mol. The molecule has 0 saturated carbocycles. The smallest absolute Gasteiger partial charge is 0.406 e. The lowest BCUT2D eigenvalue weighted by atomic mass is 10.0. The third-order valence-corrected chi connectivity index (χ3v) is 7.19. The molecule has 180 valence electrons. The molecular weight excluding hydrogens is 473 g/mol. The van der Waals surface area contributed by atoms with E-state index in [1.165, 1.54) is 27.8 Å². The SMILES string of the molecule is Cc1c(N(CC(Cc2ccc(OC(F)(F)F)cc2)NCC(C)C)S(=O)O)sc2ccccc12. The minimum absolute atomic E-state index is 0.206. The van der Waals surface area contributed by atoms with E-state index >= 15 is 0 Å². The van der Waals surface area contributed by atoms with Gasteiger partial charge >= 0.3 is 6.36 Å². The third kappa shape index (κ3) is 7.17. The first kappa shape index (κ1) is 25.5. The van der Waals surface area contributed by atoms with Crippen molar-refractivity contribution in [2.24, 2.45) is 5.92 Å². The van der Waals surface area contributed by atoms with Crippen molar-refractivity contribution in [2.75, 3.05) is 17.4 Å². The molecule has 0 amide bonds. The average Bonchev–Trinajstić information content (AvgIpc) is 3.06. The predicted molar refractivity (Wildman–Crippen MR) is 128 cm³/mol. The van der Waals surface area contributed by atoms with Gasteiger partial charge in [0.1, 0.15) is 10.8 Å². The van der Waals surface area contributed by atoms with Crippen LogP contribution in [0.4, 0.5) is 18.2 Å². The second kappa shape index (κ2) is 10.9. The Hall–Kier alpha value is -2.14. The van der Waals surface area contributed by atoms with Crippen LogP contribution in [0, 0.1) is 12.8 Å². The van der Waals surface area contributed by atoms with Crippen LogP contribution >= 0.6 is 11.3 Å². The molecule has 0 aliphatic carbocycles. The number of nitrogens with one attached hydrogen (secondary N) is 1. The highest BCUT2D eigenvalue weighted by molar-refractivity contribution is 7.81. The van der Waals surface area contributed by atoms with Crippen molar-refractivity contribution in [3.63, 3.8) is 0 Å². The molecule has 0 radical (unpaired) electrons. The molecule has 0 aliphatic rings. The molecule has 33 heavy (non-hydrogen) atoms. The Bertz CT molecular complexity index is 1080. The summed E-state index contributed by atoms with van der Waals surface area (Å²) in [5, 5.41) is 5.20. The summed E-state index contributed by atoms with van der Waals surface area (Å²) in [5.41, 5.74) is 1.73. The second-order valence-electron chi connectivity index (χ2n) is 8.22. The Kier molecular flexibility index (Phi) is 8.38. The fourth-order valence-electron chi connectivity index (χ4n) is 3.53. The van der Waals surface area contributed by atoms with Gasteiger partial charge in [0.15, 0.2) is 0 Å². The molecule has 2 atom stereocenters. The molecule has 5 nitrogen and oxygen atoms in total. The van der Waals surface area contributed by atoms with Gasteiger partial charge in [-0.1, -0.05) is 44.2 Å². The molecule has 0 aliphatic heterocycles. The number of halogens is 3. The van der Waals surface area contributed by atoms with Gasteiger partial charge in [0.05, 0.1) is 6.54 Å². The lowest BCUT2D eigenvalue weighted by Gasteiger charge is -2.27. The van der Waals surface area contributed by atoms with Gasteiger partial charge in [0.2, 0.25) is 0 Å². The van der Waals surface area contributed by atoms with Crippen molar-refractivity contribution in [1.29, 1.82) is 0 Å². The number of benzene rings is 2. The van der Waals surface area contributed by atoms with Crippen LogP contribution in [0.5, 0.6) is 5.75 Å². The van der Waals surface area contributed by atoms with E-state index in [2.05, 4.69) is 23.9 Å². The van der Waals surface area contributed by atoms with Crippen molar-refractivity contribution in [3.05, 3.63) is 59.7 Å². The van der Waals surface area contributed by atoms with Crippen LogP contribution in [0.2, 0.25) is 0 Å². The van der Waals surface area contributed by atoms with E-state index in [4.69, 9.17) is 0 Å². The summed E-state index contributed by atoms with van der Waals surface area (Å²) in [6.45, 7) is 7.00. The van der Waals surface area contributed by atoms with Gasteiger partial charge in [-0.15, -0.1) is 24.5 Å². The second-order valence-corrected chi connectivity index (χ2v) is 10.1. The Labute approximate surface area is 198 Å². The predicted octanol–water partition coefficient (Wildman–Crippen LogP) is 5.91. The zero-order valence-electron chi connectivity index (χ0n) is 18.6. The molecule has 1 heterocycles. The maximum atomic E-state index is 12.4. The topological polar surface area (TPSA) is 61.8 Å². The van der Waals surface area contributed by atoms with Gasteiger partial charge in [0.25, 0.3) is 11.3 Å². The fourth-order valence-corrected chi connectivity index (χ4v) is 5.55. The number of alkyl halides is 3. The minimum Gasteiger partial charge on any atom is -0.406 e. The first-order valence-electron chi connectivity index (χ1n) is 10.5. The van der Waals surface area contributed by atoms with Gasteiger partial charge in [-0.05, 0) is 60.5 Å². The maximum absolute atomic E-state index is 12.4. The van der Waals surface area contributed by atoms with Gasteiger partial charge in [-0.3, -0.25) is 8.86 Å². The number of ether oxygens (including phenoxy) is 1. The van der Waals surface area contributed by atoms with Crippen molar-refractivity contribution >= 4 is 37.7 Å². The normalized spacial score (nSPS) is 13.9. The zero-order chi connectivity index (χ0) is 24.2. The van der Waals surface area contributed by atoms with Gasteiger partial charge in [0, 0.05) is 10.7 Å². The Morgan fingerprint density at radius 3 is 2.39 bits per heavy atom. The Morgan fingerprint density at radius 2 is 1.82 bits per heavy atom. The number of hydrogen-bond donors (Lipinski definition) is 2. The molecule has 0 fully saturated rings. The third-order valence-electron chi connectivity index (χ3n) is 5.07. The molecule has 0 bridgehead atoms. The number of nitrogens with zero attached hydrogens (tertiary/aromatic N) is 1. The van der Waals surface area contributed by atoms with E-state index in [0.29, 0.717) is 18.9 Å². The van der Waals surface area contributed by atoms with Crippen LogP contribution in [0.15, 0.2) is 48.5 Å². The van der Waals surface area contributed by atoms with Crippen molar-refractivity contribution in [1.82, 2.24) is 5.32 Å². The van der Waals surface area contributed by atoms with Crippen LogP contribution < -0.4 is 14.4 Å². The average molecular weight is 501 g/mol. The van der Waals surface area contributed by atoms with Crippen molar-refractivity contribution in [2.45, 2.75) is 39.6 Å². The fraction of sp³-hybridized carbons (Fsp3) is 0.391. The van der Waals surface area contributed by atoms with E-state index in [-0.39, 0.29) is 18.3 Å². The molecule has 2 unspecified atom stereocenters. The van der Waals surface area contributed by atoms with E-state index in [1.54, 1.807) is 12.1 Å². The maximum Gasteiger partial charge on any atom is 0.573 e. The lowest BCUT2D eigenvalue weighted by Crippen LogP contribution is -2.44. The highest BCUT2D eigenvalue weighted by atomic mass is 32.2. The first-order valence-corrected chi connectivity index (χ1v) is 12.4. The van der Waals surface area contributed by atoms with Crippen molar-refractivity contribution in [3.8, 4) is 5.75 Å². The number of anilines is 1. The number of rotatable bonds is 10. The molecule has 2 N–H and O–H groups in total. The van der Waals surface area contributed by atoms with Crippen LogP contribution in [-0.2, 0) is 17.7 Å². The first-order chi connectivity index (χ1) is 15.5. The number of hydrogen-bond acceptors (Lipinski definition) is 4. The highest BCUT2D eigenvalue weighted by Gasteiger charge is 2.31. The summed E-state index contributed by atoms with van der Waals surface area (Å²) in [5.74, 6) is 0.0751. The zero-order valence-corrected chi connectivity index (χ0v) is 20.2. The van der Waals surface area contributed by atoms with Crippen LogP contribution in [-0.4, -0.2) is 34.3 Å². The van der Waals surface area contributed by atoms with E-state index < -0.39 is 17.6 Å². The van der Waals surface area contributed by atoms with E-state index in [9.17, 15) is 21.9 Å². The Morgan fingerprint density at radius 1 is 1.15 bits per heavy atom. The molecule has 10 heteroatoms. The lowest BCUT2D eigenvalue weighted by molar-refractivity contribution is -0.274. The van der Waals surface area contributed by atoms with Gasteiger partial charge < -0.3 is 10.1 Å². The van der Waals surface area contributed by atoms with Crippen LogP contribution in [0.3, 0.4) is 0 Å².